The van der Waals surface area contributed by atoms with Crippen LogP contribution in [0, 0.1) is 0 Å². The van der Waals surface area contributed by atoms with Crippen LogP contribution >= 0.6 is 0 Å². The fourth-order valence-electron chi connectivity index (χ4n) is 1.62. The maximum absolute atomic E-state index is 12.1. The molecule has 0 fully saturated rings. The van der Waals surface area contributed by atoms with Gasteiger partial charge in [-0.2, -0.15) is 0 Å². The average Bonchev–Trinajstić information content (AvgIpc) is 2.26. The van der Waals surface area contributed by atoms with Gasteiger partial charge in [0, 0.05) is 0 Å². The molecule has 1 aromatic rings. The van der Waals surface area contributed by atoms with Gasteiger partial charge in [0.15, 0.2) is 0 Å². The molecule has 0 aliphatic carbocycles. The predicted octanol–water partition coefficient (Wildman–Crippen LogP) is 2.27. The van der Waals surface area contributed by atoms with Crippen LogP contribution in [0.15, 0.2) is 30.3 Å². The maximum atomic E-state index is 12.1. The third kappa shape index (κ3) is 4.15. The summed E-state index contributed by atoms with van der Waals surface area (Å²) in [6.07, 6.45) is 0. The Morgan fingerprint density at radius 1 is 1.19 bits per heavy atom. The number of benzene rings is 1. The topological polar surface area (TPSA) is 37.4 Å². The zero-order chi connectivity index (χ0) is 12.0. The molecule has 0 bridgehead atoms. The number of rotatable bonds is 6. The Morgan fingerprint density at radius 3 is 2.31 bits per heavy atom. The van der Waals surface area contributed by atoms with Crippen LogP contribution in [-0.4, -0.2) is 17.0 Å². The molecule has 0 aliphatic rings. The van der Waals surface area contributed by atoms with Crippen LogP contribution in [0.1, 0.15) is 19.4 Å². The second-order valence-corrected chi connectivity index (χ2v) is 16.1. The van der Waals surface area contributed by atoms with E-state index in [1.54, 1.807) is 2.07 Å². The zero-order valence-corrected chi connectivity index (χ0v) is 16.2. The average molecular weight is 428 g/mol. The number of nitrogens with zero attached hydrogens (tertiary/aromatic N) is 1. The monoisotopic (exact) mass is 429 g/mol. The van der Waals surface area contributed by atoms with Gasteiger partial charge >= 0.3 is 111 Å². The first-order chi connectivity index (χ1) is 7.60. The van der Waals surface area contributed by atoms with E-state index in [1.807, 2.05) is 37.3 Å². The van der Waals surface area contributed by atoms with Crippen LogP contribution in [0.5, 0.6) is 0 Å². The summed E-state index contributed by atoms with van der Waals surface area (Å²) < 4.78 is 27.0. The molecule has 0 aliphatic heterocycles. The fourth-order valence-corrected chi connectivity index (χ4v) is 12.2. The predicted molar refractivity (Wildman–Crippen MR) is 61.9 cm³/mol. The number of hydrogen-bond acceptors (Lipinski definition) is 2. The molecule has 0 radical (unpaired) electrons. The Morgan fingerprint density at radius 2 is 1.81 bits per heavy atom. The van der Waals surface area contributed by atoms with Crippen molar-refractivity contribution in [1.29, 1.82) is 0 Å². The molecule has 0 unspecified atom stereocenters. The van der Waals surface area contributed by atoms with Gasteiger partial charge in [-0.1, -0.05) is 0 Å². The van der Waals surface area contributed by atoms with Crippen molar-refractivity contribution in [3.8, 4) is 0 Å². The summed E-state index contributed by atoms with van der Waals surface area (Å²) in [6.45, 7) is 4.66. The summed E-state index contributed by atoms with van der Waals surface area (Å²) in [5.41, 5.74) is 0.880. The van der Waals surface area contributed by atoms with E-state index in [9.17, 15) is 8.42 Å². The molecule has 0 saturated heterocycles. The minimum atomic E-state index is -3.06. The van der Waals surface area contributed by atoms with Gasteiger partial charge in [0.25, 0.3) is 0 Å². The molecule has 0 atom stereocenters. The van der Waals surface area contributed by atoms with Gasteiger partial charge in [-0.25, -0.2) is 0 Å². The molecular weight excluding hydrogens is 411 g/mol. The summed E-state index contributed by atoms with van der Waals surface area (Å²) in [7, 11) is -3.06. The van der Waals surface area contributed by atoms with Gasteiger partial charge in [-0.05, 0) is 0 Å². The van der Waals surface area contributed by atoms with Crippen LogP contribution in [0.3, 0.4) is 0 Å². The minimum absolute atomic E-state index is 0.154. The van der Waals surface area contributed by atoms with E-state index in [4.69, 9.17) is 0 Å². The van der Waals surface area contributed by atoms with Gasteiger partial charge in [0.2, 0.25) is 0 Å². The van der Waals surface area contributed by atoms with Crippen molar-refractivity contribution in [1.82, 2.24) is 2.07 Å². The Labute approximate surface area is 111 Å². The Kier molecular flexibility index (Phi) is 5.93. The van der Waals surface area contributed by atoms with Crippen molar-refractivity contribution in [2.75, 3.05) is 6.54 Å². The Balaban J connectivity index is 2.78. The van der Waals surface area contributed by atoms with Crippen molar-refractivity contribution in [2.45, 2.75) is 23.5 Å². The molecular formula is C11H17HgNO2S. The second kappa shape index (κ2) is 6.72. The molecule has 1 aromatic carbocycles. The van der Waals surface area contributed by atoms with E-state index in [0.29, 0.717) is 6.54 Å². The quantitative estimate of drug-likeness (QED) is 0.653. The molecule has 0 N–H and O–H groups in total. The molecule has 0 spiro atoms. The summed E-state index contributed by atoms with van der Waals surface area (Å²) >= 11 is -1.38. The molecule has 3 nitrogen and oxygen atoms in total. The number of hydrogen-bond donors (Lipinski definition) is 0. The molecule has 0 aromatic heterocycles. The molecule has 5 heteroatoms. The SMILES string of the molecule is C[CH2][Hg][N](CC)S(=O)(=O)Cc1ccccc1. The van der Waals surface area contributed by atoms with Crippen LogP contribution in [-0.2, 0) is 40.7 Å². The van der Waals surface area contributed by atoms with Crippen molar-refractivity contribution in [3.05, 3.63) is 35.9 Å². The van der Waals surface area contributed by atoms with E-state index in [-0.39, 0.29) is 5.75 Å². The molecule has 86 valence electrons. The van der Waals surface area contributed by atoms with Gasteiger partial charge in [-0.3, -0.25) is 0 Å². The first-order valence-corrected chi connectivity index (χ1v) is 13.6. The van der Waals surface area contributed by atoms with E-state index >= 15 is 0 Å². The van der Waals surface area contributed by atoms with Crippen molar-refractivity contribution in [2.24, 2.45) is 0 Å². The van der Waals surface area contributed by atoms with E-state index in [2.05, 4.69) is 6.92 Å². The fraction of sp³-hybridized carbons (Fsp3) is 0.455. The first kappa shape index (κ1) is 14.1. The Hall–Kier alpha value is 0.0651. The van der Waals surface area contributed by atoms with Gasteiger partial charge < -0.3 is 0 Å². The van der Waals surface area contributed by atoms with Crippen molar-refractivity contribution >= 4 is 10.0 Å². The Bertz CT molecular complexity index is 405. The van der Waals surface area contributed by atoms with Crippen LogP contribution in [0.2, 0.25) is 3.93 Å². The number of sulfonamides is 1. The summed E-state index contributed by atoms with van der Waals surface area (Å²) in [4.78, 5) is 0. The third-order valence-corrected chi connectivity index (χ3v) is 15.8. The van der Waals surface area contributed by atoms with Crippen LogP contribution in [0.4, 0.5) is 0 Å². The van der Waals surface area contributed by atoms with Crippen LogP contribution < -0.4 is 0 Å². The molecule has 0 amide bonds. The van der Waals surface area contributed by atoms with Crippen LogP contribution in [0.25, 0.3) is 0 Å². The second-order valence-electron chi connectivity index (χ2n) is 3.73. The molecule has 1 rings (SSSR count). The summed E-state index contributed by atoms with van der Waals surface area (Å²) in [5.74, 6) is 0.154. The third-order valence-electron chi connectivity index (χ3n) is 2.41. The summed E-state index contributed by atoms with van der Waals surface area (Å²) in [6, 6.07) is 9.40. The molecule has 0 saturated carbocycles. The normalized spacial score (nSPS) is 11.4. The van der Waals surface area contributed by atoms with Crippen molar-refractivity contribution in [3.63, 3.8) is 0 Å². The van der Waals surface area contributed by atoms with E-state index < -0.39 is 34.9 Å². The van der Waals surface area contributed by atoms with Gasteiger partial charge in [0.1, 0.15) is 0 Å². The standard InChI is InChI=1S/C9H12NO2S.C2H5.Hg/c1-2-10-13(11,12)8-9-6-4-3-5-7-9;1-2;/h3-7H,2,8H2,1H3;1H2,2H3;/q-1;;+1. The van der Waals surface area contributed by atoms with E-state index in [0.717, 1.165) is 9.49 Å². The first-order valence-electron chi connectivity index (χ1n) is 5.62. The van der Waals surface area contributed by atoms with E-state index in [1.165, 1.54) is 0 Å². The van der Waals surface area contributed by atoms with Gasteiger partial charge in [-0.15, -0.1) is 0 Å². The molecule has 0 heterocycles. The zero-order valence-electron chi connectivity index (χ0n) is 9.89. The molecule has 16 heavy (non-hydrogen) atoms. The van der Waals surface area contributed by atoms with Crippen molar-refractivity contribution < 1.29 is 33.3 Å². The summed E-state index contributed by atoms with van der Waals surface area (Å²) in [5, 5.41) is 0. The van der Waals surface area contributed by atoms with Gasteiger partial charge in [0.05, 0.1) is 0 Å².